The molecule has 3 rings (SSSR count). The van der Waals surface area contributed by atoms with Crippen molar-refractivity contribution >= 4 is 5.91 Å². The molecule has 2 heterocycles. The maximum absolute atomic E-state index is 12.3. The molecule has 1 aliphatic heterocycles. The molecule has 5 nitrogen and oxygen atoms in total. The van der Waals surface area contributed by atoms with Gasteiger partial charge in [-0.05, 0) is 32.6 Å². The minimum atomic E-state index is -0.105. The maximum atomic E-state index is 12.3. The molecular formula is C16H25N3O2. The highest BCUT2D eigenvalue weighted by Gasteiger charge is 2.33. The van der Waals surface area contributed by atoms with Crippen LogP contribution in [0, 0.1) is 5.92 Å². The molecule has 1 saturated carbocycles. The fourth-order valence-electron chi connectivity index (χ4n) is 3.14. The third-order valence-corrected chi connectivity index (χ3v) is 4.96. The van der Waals surface area contributed by atoms with Gasteiger partial charge in [-0.15, -0.1) is 0 Å². The number of aromatic nitrogens is 1. The minimum Gasteiger partial charge on any atom is -0.360 e. The molecule has 1 amide bonds. The smallest absolute Gasteiger partial charge is 0.273 e. The van der Waals surface area contributed by atoms with Gasteiger partial charge in [0.1, 0.15) is 5.76 Å². The molecule has 2 fully saturated rings. The third kappa shape index (κ3) is 2.98. The Kier molecular flexibility index (Phi) is 4.02. The molecule has 5 heteroatoms. The highest BCUT2D eigenvalue weighted by Crippen LogP contribution is 2.36. The predicted molar refractivity (Wildman–Crippen MR) is 80.2 cm³/mol. The number of carbonyl (C=O) groups is 1. The normalized spacial score (nSPS) is 27.0. The lowest BCUT2D eigenvalue weighted by molar-refractivity contribution is 0.0921. The van der Waals surface area contributed by atoms with E-state index in [1.807, 2.05) is 6.07 Å². The van der Waals surface area contributed by atoms with Crippen LogP contribution >= 0.6 is 0 Å². The van der Waals surface area contributed by atoms with E-state index in [2.05, 4.69) is 36.1 Å². The second-order valence-corrected chi connectivity index (χ2v) is 6.85. The Bertz CT molecular complexity index is 507. The van der Waals surface area contributed by atoms with Gasteiger partial charge in [0.05, 0.1) is 0 Å². The van der Waals surface area contributed by atoms with Gasteiger partial charge in [-0.2, -0.15) is 0 Å². The highest BCUT2D eigenvalue weighted by molar-refractivity contribution is 5.92. The molecule has 0 bridgehead atoms. The largest absolute Gasteiger partial charge is 0.360 e. The number of nitrogens with one attached hydrogen (secondary N) is 1. The Hall–Kier alpha value is -1.36. The maximum Gasteiger partial charge on any atom is 0.273 e. The topological polar surface area (TPSA) is 58.4 Å². The van der Waals surface area contributed by atoms with E-state index in [1.165, 1.54) is 6.42 Å². The lowest BCUT2D eigenvalue weighted by Gasteiger charge is -2.21. The number of nitrogens with zero attached hydrogens (tertiary/aromatic N) is 2. The van der Waals surface area contributed by atoms with Gasteiger partial charge in [0.25, 0.3) is 5.91 Å². The third-order valence-electron chi connectivity index (χ3n) is 4.96. The Labute approximate surface area is 126 Å². The molecule has 21 heavy (non-hydrogen) atoms. The fraction of sp³-hybridized carbons (Fsp3) is 0.750. The van der Waals surface area contributed by atoms with Crippen LogP contribution in [0.5, 0.6) is 0 Å². The van der Waals surface area contributed by atoms with Gasteiger partial charge in [-0.1, -0.05) is 18.5 Å². The van der Waals surface area contributed by atoms with E-state index >= 15 is 0 Å². The fourth-order valence-corrected chi connectivity index (χ4v) is 3.14. The highest BCUT2D eigenvalue weighted by atomic mass is 16.5. The summed E-state index contributed by atoms with van der Waals surface area (Å²) in [7, 11) is 0. The number of hydrogen-bond acceptors (Lipinski definition) is 4. The van der Waals surface area contributed by atoms with Crippen molar-refractivity contribution in [2.24, 2.45) is 5.92 Å². The van der Waals surface area contributed by atoms with Crippen molar-refractivity contribution in [3.05, 3.63) is 17.5 Å². The van der Waals surface area contributed by atoms with Gasteiger partial charge in [0.15, 0.2) is 5.69 Å². The first-order valence-corrected chi connectivity index (χ1v) is 8.06. The predicted octanol–water partition coefficient (Wildman–Crippen LogP) is 2.40. The Morgan fingerprint density at radius 1 is 1.43 bits per heavy atom. The Balaban J connectivity index is 1.59. The minimum absolute atomic E-state index is 0.105. The zero-order chi connectivity index (χ0) is 15.0. The van der Waals surface area contributed by atoms with Crippen LogP contribution in [-0.2, 0) is 0 Å². The molecule has 1 saturated heterocycles. The van der Waals surface area contributed by atoms with Crippen LogP contribution < -0.4 is 5.32 Å². The second kappa shape index (κ2) is 5.79. The quantitative estimate of drug-likeness (QED) is 0.925. The van der Waals surface area contributed by atoms with Crippen molar-refractivity contribution in [2.45, 2.75) is 58.0 Å². The van der Waals surface area contributed by atoms with Crippen molar-refractivity contribution in [1.82, 2.24) is 15.4 Å². The lowest BCUT2D eigenvalue weighted by atomic mass is 9.83. The molecule has 1 aromatic rings. The van der Waals surface area contributed by atoms with Gasteiger partial charge >= 0.3 is 0 Å². The first-order valence-electron chi connectivity index (χ1n) is 8.06. The Morgan fingerprint density at radius 3 is 2.76 bits per heavy atom. The summed E-state index contributed by atoms with van der Waals surface area (Å²) in [6.07, 6.45) is 3.55. The molecule has 1 aromatic heterocycles. The zero-order valence-corrected chi connectivity index (χ0v) is 13.1. The van der Waals surface area contributed by atoms with E-state index in [-0.39, 0.29) is 11.9 Å². The zero-order valence-electron chi connectivity index (χ0n) is 13.1. The van der Waals surface area contributed by atoms with Crippen LogP contribution in [0.1, 0.15) is 62.2 Å². The van der Waals surface area contributed by atoms with Crippen molar-refractivity contribution in [3.8, 4) is 0 Å². The molecule has 1 N–H and O–H groups in total. The van der Waals surface area contributed by atoms with Crippen LogP contribution in [0.15, 0.2) is 10.6 Å². The van der Waals surface area contributed by atoms with Crippen molar-refractivity contribution in [2.75, 3.05) is 13.1 Å². The van der Waals surface area contributed by atoms with Crippen LogP contribution in [0.25, 0.3) is 0 Å². The van der Waals surface area contributed by atoms with Crippen LogP contribution in [0.2, 0.25) is 0 Å². The summed E-state index contributed by atoms with van der Waals surface area (Å²) >= 11 is 0. The van der Waals surface area contributed by atoms with Crippen LogP contribution in [-0.4, -0.2) is 41.1 Å². The first kappa shape index (κ1) is 14.6. The summed E-state index contributed by atoms with van der Waals surface area (Å²) in [6.45, 7) is 8.53. The molecule has 0 spiro atoms. The molecule has 0 aromatic carbocycles. The molecule has 0 radical (unpaired) electrons. The lowest BCUT2D eigenvalue weighted by Crippen LogP contribution is -2.40. The van der Waals surface area contributed by atoms with Gasteiger partial charge in [0.2, 0.25) is 0 Å². The van der Waals surface area contributed by atoms with E-state index in [9.17, 15) is 4.79 Å². The average molecular weight is 291 g/mol. The molecule has 1 aliphatic carbocycles. The summed E-state index contributed by atoms with van der Waals surface area (Å²) < 4.78 is 5.32. The number of carbonyl (C=O) groups excluding carboxylic acids is 1. The average Bonchev–Trinajstić information content (AvgIpc) is 2.95. The second-order valence-electron chi connectivity index (χ2n) is 6.85. The Morgan fingerprint density at radius 2 is 2.19 bits per heavy atom. The molecule has 2 atom stereocenters. The SMILES string of the molecule is CC(C)N1C[C@H](NC(=O)c2cc(C3CCC3)on2)[C@@H](C)C1. The summed E-state index contributed by atoms with van der Waals surface area (Å²) in [5.41, 5.74) is 0.423. The summed E-state index contributed by atoms with van der Waals surface area (Å²) in [6, 6.07) is 2.54. The van der Waals surface area contributed by atoms with E-state index in [0.717, 1.165) is 31.7 Å². The molecular weight excluding hydrogens is 266 g/mol. The van der Waals surface area contributed by atoms with E-state index in [0.29, 0.717) is 23.6 Å². The van der Waals surface area contributed by atoms with Crippen molar-refractivity contribution < 1.29 is 9.32 Å². The van der Waals surface area contributed by atoms with Gasteiger partial charge < -0.3 is 9.84 Å². The molecule has 2 aliphatic rings. The monoisotopic (exact) mass is 291 g/mol. The molecule has 0 unspecified atom stereocenters. The van der Waals surface area contributed by atoms with Crippen LogP contribution in [0.3, 0.4) is 0 Å². The van der Waals surface area contributed by atoms with Crippen molar-refractivity contribution in [3.63, 3.8) is 0 Å². The number of hydrogen-bond donors (Lipinski definition) is 1. The van der Waals surface area contributed by atoms with Gasteiger partial charge in [-0.3, -0.25) is 9.69 Å². The van der Waals surface area contributed by atoms with Gasteiger partial charge in [-0.25, -0.2) is 0 Å². The van der Waals surface area contributed by atoms with Crippen molar-refractivity contribution in [1.29, 1.82) is 0 Å². The summed E-state index contributed by atoms with van der Waals surface area (Å²) in [4.78, 5) is 14.7. The molecule has 116 valence electrons. The summed E-state index contributed by atoms with van der Waals surface area (Å²) in [5, 5.41) is 7.05. The number of rotatable bonds is 4. The standard InChI is InChI=1S/C16H25N3O2/c1-10(2)19-8-11(3)14(9-19)17-16(20)13-7-15(21-18-13)12-5-4-6-12/h7,10-12,14H,4-6,8-9H2,1-3H3,(H,17,20)/t11-,14-/m0/s1. The van der Waals surface area contributed by atoms with E-state index in [1.54, 1.807) is 0 Å². The first-order chi connectivity index (χ1) is 10.0. The number of amides is 1. The van der Waals surface area contributed by atoms with Crippen LogP contribution in [0.4, 0.5) is 0 Å². The number of likely N-dealkylation sites (tertiary alicyclic amines) is 1. The van der Waals surface area contributed by atoms with E-state index in [4.69, 9.17) is 4.52 Å². The van der Waals surface area contributed by atoms with E-state index < -0.39 is 0 Å². The van der Waals surface area contributed by atoms with Gasteiger partial charge in [0, 0.05) is 37.2 Å². The summed E-state index contributed by atoms with van der Waals surface area (Å²) in [5.74, 6) is 1.71.